The maximum Gasteiger partial charge on any atom is 0.410 e. The van der Waals surface area contributed by atoms with Gasteiger partial charge in [-0.25, -0.2) is 4.79 Å². The third-order valence-electron chi connectivity index (χ3n) is 11.7. The van der Waals surface area contributed by atoms with Crippen molar-refractivity contribution in [3.05, 3.63) is 70.3 Å². The Morgan fingerprint density at radius 2 is 1.83 bits per heavy atom. The van der Waals surface area contributed by atoms with E-state index < -0.39 is 11.7 Å². The minimum atomic E-state index is -0.673. The molecule has 7 rings (SSSR count). The fraction of sp³-hybridized carbons (Fsp3) is 0.590. The molecule has 2 bridgehead atoms. The van der Waals surface area contributed by atoms with Crippen LogP contribution in [0.15, 0.2) is 48.0 Å². The van der Waals surface area contributed by atoms with Crippen LogP contribution in [0.1, 0.15) is 117 Å². The number of hydrogen-bond donors (Lipinski definition) is 1. The molecule has 4 unspecified atom stereocenters. The van der Waals surface area contributed by atoms with Crippen molar-refractivity contribution in [3.63, 3.8) is 0 Å². The zero-order valence-electron chi connectivity index (χ0n) is 28.1. The van der Waals surface area contributed by atoms with Crippen molar-refractivity contribution in [1.82, 2.24) is 4.90 Å². The fourth-order valence-electron chi connectivity index (χ4n) is 8.89. The number of fused-ring (bicyclic) bond motifs is 8. The summed E-state index contributed by atoms with van der Waals surface area (Å²) < 4.78 is 17.6. The van der Waals surface area contributed by atoms with Gasteiger partial charge in [0.15, 0.2) is 5.78 Å². The predicted molar refractivity (Wildman–Crippen MR) is 179 cm³/mol. The van der Waals surface area contributed by atoms with Gasteiger partial charge in [0.25, 0.3) is 0 Å². The second-order valence-corrected chi connectivity index (χ2v) is 14.5. The highest BCUT2D eigenvalue weighted by molar-refractivity contribution is 5.99. The number of benzene rings is 2. The molecular formula is C39H51NO6. The first kappa shape index (κ1) is 32.6. The molecule has 0 radical (unpaired) electrons. The van der Waals surface area contributed by atoms with Crippen LogP contribution in [0.4, 0.5) is 4.79 Å². The highest BCUT2D eigenvalue weighted by atomic mass is 16.6. The number of rotatable bonds is 6. The Hall–Kier alpha value is -3.32. The molecule has 4 aliphatic carbocycles. The number of aliphatic hydroxyl groups is 1. The molecule has 2 saturated carbocycles. The van der Waals surface area contributed by atoms with E-state index in [0.29, 0.717) is 37.4 Å². The number of aliphatic hydroxyl groups excluding tert-OH is 1. The minimum Gasteiger partial charge on any atom is -0.497 e. The lowest BCUT2D eigenvalue weighted by Gasteiger charge is -2.43. The molecule has 1 heterocycles. The molecule has 7 heteroatoms. The first-order valence-corrected chi connectivity index (χ1v) is 17.4. The Morgan fingerprint density at radius 3 is 2.59 bits per heavy atom. The summed E-state index contributed by atoms with van der Waals surface area (Å²) in [5, 5.41) is 10.9. The summed E-state index contributed by atoms with van der Waals surface area (Å²) in [6, 6.07) is 12.1. The summed E-state index contributed by atoms with van der Waals surface area (Å²) in [5.74, 6) is 1.76. The van der Waals surface area contributed by atoms with Gasteiger partial charge in [0.05, 0.1) is 33.4 Å². The number of carbonyl (C=O) groups is 2. The van der Waals surface area contributed by atoms with Crippen LogP contribution < -0.4 is 9.47 Å². The Labute approximate surface area is 274 Å². The number of methoxy groups -OCH3 is 2. The van der Waals surface area contributed by atoms with Gasteiger partial charge in [-0.15, -0.1) is 0 Å². The maximum absolute atomic E-state index is 14.3. The second-order valence-electron chi connectivity index (χ2n) is 14.5. The molecular weight excluding hydrogens is 578 g/mol. The molecule has 46 heavy (non-hydrogen) atoms. The highest BCUT2D eigenvalue weighted by Gasteiger charge is 2.64. The molecule has 3 fully saturated rings. The van der Waals surface area contributed by atoms with E-state index in [1.807, 2.05) is 23.1 Å². The number of ketones is 1. The van der Waals surface area contributed by atoms with Gasteiger partial charge in [0.1, 0.15) is 17.1 Å². The van der Waals surface area contributed by atoms with E-state index in [2.05, 4.69) is 38.1 Å². The van der Waals surface area contributed by atoms with Crippen LogP contribution in [0.3, 0.4) is 0 Å². The van der Waals surface area contributed by atoms with Gasteiger partial charge in [0, 0.05) is 28.5 Å². The zero-order valence-corrected chi connectivity index (χ0v) is 28.1. The van der Waals surface area contributed by atoms with Crippen molar-refractivity contribution in [1.29, 1.82) is 0 Å². The highest BCUT2D eigenvalue weighted by Crippen LogP contribution is 2.62. The van der Waals surface area contributed by atoms with E-state index in [1.54, 1.807) is 14.2 Å². The van der Waals surface area contributed by atoms with Crippen LogP contribution >= 0.6 is 0 Å². The van der Waals surface area contributed by atoms with Crippen LogP contribution in [0.25, 0.3) is 0 Å². The summed E-state index contributed by atoms with van der Waals surface area (Å²) in [6.07, 6.45) is 12.2. The monoisotopic (exact) mass is 629 g/mol. The van der Waals surface area contributed by atoms with E-state index >= 15 is 0 Å². The third-order valence-corrected chi connectivity index (χ3v) is 11.7. The quantitative estimate of drug-likeness (QED) is 0.256. The SMILES string of the molecule is COc1ccc(CN2CC3(CCC4c5ccc(cc5C(=O)C5CCCCC5)CC(O)CCC(C)=CCCC43C)OC2=O)c(OC)c1. The van der Waals surface area contributed by atoms with Gasteiger partial charge in [-0.05, 0) is 100.0 Å². The van der Waals surface area contributed by atoms with Crippen molar-refractivity contribution in [2.24, 2.45) is 11.3 Å². The Morgan fingerprint density at radius 1 is 1.02 bits per heavy atom. The van der Waals surface area contributed by atoms with Gasteiger partial charge in [-0.3, -0.25) is 9.69 Å². The minimum absolute atomic E-state index is 0.0537. The summed E-state index contributed by atoms with van der Waals surface area (Å²) >= 11 is 0. The van der Waals surface area contributed by atoms with Crippen LogP contribution in [-0.4, -0.2) is 54.4 Å². The molecule has 0 aromatic heterocycles. The Kier molecular flexibility index (Phi) is 9.52. The van der Waals surface area contributed by atoms with Crippen LogP contribution in [0, 0.1) is 11.3 Å². The summed E-state index contributed by atoms with van der Waals surface area (Å²) in [4.78, 5) is 29.8. The maximum atomic E-state index is 14.3. The Balaban J connectivity index is 1.38. The average Bonchev–Trinajstić information content (AvgIpc) is 3.53. The first-order chi connectivity index (χ1) is 22.2. The van der Waals surface area contributed by atoms with Gasteiger partial charge in [-0.1, -0.05) is 50.0 Å². The third kappa shape index (κ3) is 6.20. The molecule has 2 aromatic rings. The van der Waals surface area contributed by atoms with Gasteiger partial charge in [0.2, 0.25) is 0 Å². The van der Waals surface area contributed by atoms with Crippen LogP contribution in [0.5, 0.6) is 11.5 Å². The largest absolute Gasteiger partial charge is 0.497 e. The average molecular weight is 630 g/mol. The topological polar surface area (TPSA) is 85.3 Å². The zero-order chi connectivity index (χ0) is 32.5. The number of carbonyl (C=O) groups excluding carboxylic acids is 2. The smallest absolute Gasteiger partial charge is 0.410 e. The molecule has 1 saturated heterocycles. The molecule has 1 N–H and O–H groups in total. The Bertz CT molecular complexity index is 1480. The number of Topliss-reactive ketones (excluding diaryl/α,β-unsaturated/α-hetero) is 1. The van der Waals surface area contributed by atoms with E-state index in [9.17, 15) is 14.7 Å². The summed E-state index contributed by atoms with van der Waals surface area (Å²) in [5.41, 5.74) is 4.07. The van der Waals surface area contributed by atoms with Gasteiger partial charge in [-0.2, -0.15) is 0 Å². The van der Waals surface area contributed by atoms with Crippen molar-refractivity contribution in [2.45, 2.75) is 115 Å². The molecule has 2 aromatic carbocycles. The fourth-order valence-corrected chi connectivity index (χ4v) is 8.89. The van der Waals surface area contributed by atoms with Crippen molar-refractivity contribution < 1.29 is 28.9 Å². The molecule has 1 spiro atoms. The summed E-state index contributed by atoms with van der Waals surface area (Å²) in [7, 11) is 3.26. The van der Waals surface area contributed by atoms with E-state index in [0.717, 1.165) is 80.0 Å². The molecule has 248 valence electrons. The lowest BCUT2D eigenvalue weighted by atomic mass is 9.64. The molecule has 1 aliphatic heterocycles. The molecule has 4 atom stereocenters. The predicted octanol–water partition coefficient (Wildman–Crippen LogP) is 8.17. The first-order valence-electron chi connectivity index (χ1n) is 17.4. The van der Waals surface area contributed by atoms with Crippen LogP contribution in [0.2, 0.25) is 0 Å². The number of hydrogen-bond acceptors (Lipinski definition) is 6. The van der Waals surface area contributed by atoms with E-state index in [-0.39, 0.29) is 29.1 Å². The van der Waals surface area contributed by atoms with Gasteiger partial charge < -0.3 is 19.3 Å². The molecule has 1 amide bonds. The van der Waals surface area contributed by atoms with E-state index in [1.165, 1.54) is 12.0 Å². The second kappa shape index (κ2) is 13.4. The standard InChI is InChI=1S/C39H51NO6/c1-26-9-8-19-38(2)34(18-20-39(38)25-40(37(43)46-39)24-29-14-16-31(44-3)23-35(29)45-4)32-17-13-27(21-30(41)15-12-26)22-33(32)36(42)28-10-6-5-7-11-28/h9,13-14,16-17,22-23,28,30,34,41H,5-8,10-12,15,18-21,24-25H2,1-4H3. The van der Waals surface area contributed by atoms with Gasteiger partial charge >= 0.3 is 6.09 Å². The molecule has 5 aliphatic rings. The van der Waals surface area contributed by atoms with Crippen LogP contribution in [-0.2, 0) is 17.7 Å². The van der Waals surface area contributed by atoms with E-state index in [4.69, 9.17) is 14.2 Å². The number of ether oxygens (including phenoxy) is 3. The summed E-state index contributed by atoms with van der Waals surface area (Å²) in [6.45, 7) is 5.33. The van der Waals surface area contributed by atoms with Crippen molar-refractivity contribution in [2.75, 3.05) is 20.8 Å². The normalized spacial score (nSPS) is 28.8. The molecule has 7 nitrogen and oxygen atoms in total. The number of allylic oxidation sites excluding steroid dienone is 2. The number of nitrogens with zero attached hydrogens (tertiary/aromatic N) is 1. The lowest BCUT2D eigenvalue weighted by Crippen LogP contribution is -2.48. The lowest BCUT2D eigenvalue weighted by molar-refractivity contribution is -0.0373. The van der Waals surface area contributed by atoms with Crippen molar-refractivity contribution >= 4 is 11.9 Å². The number of amides is 1. The van der Waals surface area contributed by atoms with Crippen molar-refractivity contribution in [3.8, 4) is 11.5 Å².